The van der Waals surface area contributed by atoms with Gasteiger partial charge in [0.25, 0.3) is 0 Å². The summed E-state index contributed by atoms with van der Waals surface area (Å²) >= 11 is 0.164. The summed E-state index contributed by atoms with van der Waals surface area (Å²) in [5.74, 6) is 0. The van der Waals surface area contributed by atoms with E-state index in [1.54, 1.807) is 24.5 Å². The third-order valence-corrected chi connectivity index (χ3v) is 6.40. The van der Waals surface area contributed by atoms with E-state index in [-0.39, 0.29) is 39.5 Å². The Balaban J connectivity index is 0.000000362. The molecule has 192 valence electrons. The van der Waals surface area contributed by atoms with E-state index >= 15 is 0 Å². The SMILES string of the molecule is C=CC(C)(C)c1c(C)n(C)cc(NOB=S=O)c1=O.[B]CNc1cn(C)c(C)c(C(C)(C)C=C)c1=O. The first-order chi connectivity index (χ1) is 16.7. The molecule has 2 rings (SSSR count). The molecule has 11 heteroatoms. The van der Waals surface area contributed by atoms with Crippen LogP contribution in [0.4, 0.5) is 11.4 Å². The zero-order chi connectivity index (χ0) is 27.8. The minimum Gasteiger partial charge on any atom is -0.390 e. The fourth-order valence-corrected chi connectivity index (χ4v) is 3.87. The molecule has 36 heavy (non-hydrogen) atoms. The topological polar surface area (TPSA) is 94.4 Å². The van der Waals surface area contributed by atoms with Crippen LogP contribution in [0.5, 0.6) is 0 Å². The number of hydrogen-bond acceptors (Lipinski definition) is 6. The molecule has 0 aliphatic carbocycles. The molecule has 0 saturated heterocycles. The van der Waals surface area contributed by atoms with Crippen molar-refractivity contribution in [2.24, 2.45) is 14.1 Å². The van der Waals surface area contributed by atoms with Crippen molar-refractivity contribution in [3.8, 4) is 0 Å². The number of pyridine rings is 2. The van der Waals surface area contributed by atoms with Crippen LogP contribution in [0.1, 0.15) is 50.2 Å². The van der Waals surface area contributed by atoms with Gasteiger partial charge in [-0.1, -0.05) is 19.9 Å². The Morgan fingerprint density at radius 1 is 0.972 bits per heavy atom. The fraction of sp³-hybridized carbons (Fsp3) is 0.440. The molecule has 0 amide bonds. The van der Waals surface area contributed by atoms with E-state index in [1.807, 2.05) is 64.8 Å². The van der Waals surface area contributed by atoms with E-state index in [2.05, 4.69) is 24.0 Å². The number of aryl methyl sites for hydroxylation is 2. The summed E-state index contributed by atoms with van der Waals surface area (Å²) in [4.78, 5) is 24.8. The van der Waals surface area contributed by atoms with E-state index in [1.165, 1.54) is 0 Å². The van der Waals surface area contributed by atoms with E-state index < -0.39 is 5.41 Å². The number of hydrogen-bond donors (Lipinski definition) is 2. The fourth-order valence-electron chi connectivity index (χ4n) is 3.79. The Morgan fingerprint density at radius 3 is 1.78 bits per heavy atom. The maximum absolute atomic E-state index is 12.4. The summed E-state index contributed by atoms with van der Waals surface area (Å²) in [7, 11) is 9.19. The molecule has 0 spiro atoms. The minimum atomic E-state index is -0.451. The maximum atomic E-state index is 12.4. The van der Waals surface area contributed by atoms with Gasteiger partial charge in [0.1, 0.15) is 0 Å². The predicted molar refractivity (Wildman–Crippen MR) is 152 cm³/mol. The molecule has 0 unspecified atom stereocenters. The second kappa shape index (κ2) is 12.9. The molecule has 2 radical (unpaired) electrons. The standard InChI is InChI=1S/C13H19BN2O.C12H17BN2O3S/c1-6-13(3,4)11-9(2)16(5)7-10(12(11)17)15-8-14;1-6-12(3,4)10-8(2)15(5)7-9(11(10)16)14-18-13-19-17/h6-7,15H,1,8H2,2-5H3;6-7,14H,1H2,2-5H3. The molecule has 0 bridgehead atoms. The van der Waals surface area contributed by atoms with Gasteiger partial charge in [-0.15, -0.1) is 6.58 Å². The molecule has 0 atom stereocenters. The van der Waals surface area contributed by atoms with Crippen molar-refractivity contribution in [1.82, 2.24) is 9.13 Å². The van der Waals surface area contributed by atoms with Gasteiger partial charge in [-0.25, -0.2) is 0 Å². The molecule has 2 N–H and O–H groups in total. The molecule has 8 nitrogen and oxygen atoms in total. The van der Waals surface area contributed by atoms with Crippen LogP contribution < -0.4 is 21.7 Å². The van der Waals surface area contributed by atoms with Gasteiger partial charge in [0.15, 0.2) is 0 Å². The van der Waals surface area contributed by atoms with Gasteiger partial charge in [-0.3, -0.25) is 4.79 Å². The van der Waals surface area contributed by atoms with Crippen molar-refractivity contribution < 1.29 is 8.96 Å². The van der Waals surface area contributed by atoms with Gasteiger partial charge in [0, 0.05) is 29.9 Å². The Bertz CT molecular complexity index is 1290. The van der Waals surface area contributed by atoms with Gasteiger partial charge in [0.2, 0.25) is 5.43 Å². The summed E-state index contributed by atoms with van der Waals surface area (Å²) in [6.07, 6.45) is 8.14. The molecule has 0 aliphatic rings. The Hall–Kier alpha value is -2.91. The predicted octanol–water partition coefficient (Wildman–Crippen LogP) is 2.94. The Kier molecular flexibility index (Phi) is 11.1. The van der Waals surface area contributed by atoms with Crippen molar-refractivity contribution in [2.75, 3.05) is 17.2 Å². The van der Waals surface area contributed by atoms with Crippen molar-refractivity contribution in [1.29, 1.82) is 0 Å². The van der Waals surface area contributed by atoms with E-state index in [9.17, 15) is 13.8 Å². The molecule has 0 saturated carbocycles. The molecule has 0 fully saturated rings. The van der Waals surface area contributed by atoms with Crippen molar-refractivity contribution in [3.63, 3.8) is 0 Å². The average Bonchev–Trinajstić information content (AvgIpc) is 2.81. The van der Waals surface area contributed by atoms with Gasteiger partial charge in [-0.2, -0.15) is 0 Å². The van der Waals surface area contributed by atoms with Crippen LogP contribution in [0.25, 0.3) is 0 Å². The minimum absolute atomic E-state index is 0.00375. The summed E-state index contributed by atoms with van der Waals surface area (Å²) in [5, 5.41) is 2.89. The number of anilines is 2. The first-order valence-corrected chi connectivity index (χ1v) is 12.1. The molecule has 2 aromatic heterocycles. The second-order valence-electron chi connectivity index (χ2n) is 9.53. The molecule has 2 aromatic rings. The normalized spacial score (nSPS) is 11.0. The van der Waals surface area contributed by atoms with Gasteiger partial charge < -0.3 is 9.88 Å². The summed E-state index contributed by atoms with van der Waals surface area (Å²) in [6.45, 7) is 19.2. The van der Waals surface area contributed by atoms with Gasteiger partial charge in [0.05, 0.1) is 13.5 Å². The average molecular weight is 510 g/mol. The zero-order valence-electron chi connectivity index (χ0n) is 22.5. The Morgan fingerprint density at radius 2 is 1.39 bits per heavy atom. The van der Waals surface area contributed by atoms with Gasteiger partial charge >= 0.3 is 116 Å². The molecule has 0 aromatic carbocycles. The van der Waals surface area contributed by atoms with Gasteiger partial charge in [-0.05, 0) is 13.4 Å². The third-order valence-electron chi connectivity index (χ3n) is 6.23. The van der Waals surface area contributed by atoms with E-state index in [0.717, 1.165) is 23.3 Å². The van der Waals surface area contributed by atoms with Crippen LogP contribution in [0.15, 0.2) is 47.3 Å². The van der Waals surface area contributed by atoms with Crippen LogP contribution >= 0.6 is 0 Å². The van der Waals surface area contributed by atoms with Crippen molar-refractivity contribution in [2.45, 2.75) is 52.4 Å². The zero-order valence-corrected chi connectivity index (χ0v) is 23.3. The van der Waals surface area contributed by atoms with E-state index in [0.29, 0.717) is 11.3 Å². The maximum Gasteiger partial charge on any atom is 0.208 e. The second-order valence-corrected chi connectivity index (χ2v) is 9.92. The smallest absolute Gasteiger partial charge is 0.208 e. The van der Waals surface area contributed by atoms with E-state index in [4.69, 9.17) is 12.6 Å². The Labute approximate surface area is 219 Å². The van der Waals surface area contributed by atoms with Crippen LogP contribution in [0.2, 0.25) is 0 Å². The molecule has 2 heterocycles. The van der Waals surface area contributed by atoms with Crippen molar-refractivity contribution >= 4 is 36.7 Å². The number of allylic oxidation sites excluding steroid dienone is 2. The largest absolute Gasteiger partial charge is 0.390 e. The number of nitrogens with zero attached hydrogens (tertiary/aromatic N) is 2. The number of rotatable bonds is 9. The first-order valence-electron chi connectivity index (χ1n) is 11.3. The molecular weight excluding hydrogens is 474 g/mol. The third kappa shape index (κ3) is 7.07. The monoisotopic (exact) mass is 510 g/mol. The summed E-state index contributed by atoms with van der Waals surface area (Å²) in [5.41, 5.74) is 5.53. The summed E-state index contributed by atoms with van der Waals surface area (Å²) < 4.78 is 18.7. The van der Waals surface area contributed by atoms with Crippen LogP contribution in [-0.2, 0) is 40.8 Å². The molecular formula is C25H36B2N4O4S. The number of aromatic nitrogens is 2. The first kappa shape index (κ1) is 31.1. The van der Waals surface area contributed by atoms with Crippen LogP contribution in [0.3, 0.4) is 0 Å². The molecule has 0 aliphatic heterocycles. The summed E-state index contributed by atoms with van der Waals surface area (Å²) in [6, 6.07) is 0. The number of nitrogens with one attached hydrogen (secondary N) is 2. The van der Waals surface area contributed by atoms with Crippen molar-refractivity contribution in [3.05, 3.63) is 80.7 Å². The van der Waals surface area contributed by atoms with Crippen LogP contribution in [-0.4, -0.2) is 34.0 Å². The van der Waals surface area contributed by atoms with Crippen LogP contribution in [0, 0.1) is 13.8 Å². The quantitative estimate of drug-likeness (QED) is 0.306.